The van der Waals surface area contributed by atoms with Gasteiger partial charge >= 0.3 is 0 Å². The van der Waals surface area contributed by atoms with Gasteiger partial charge in [-0.2, -0.15) is 5.10 Å². The molecule has 0 bridgehead atoms. The molecule has 1 atom stereocenters. The topological polar surface area (TPSA) is 70.6 Å². The first-order chi connectivity index (χ1) is 19.3. The maximum absolute atomic E-state index is 11.4. The molecule has 1 aliphatic carbocycles. The number of hydrogen-bond acceptors (Lipinski definition) is 5. The zero-order valence-corrected chi connectivity index (χ0v) is 24.3. The van der Waals surface area contributed by atoms with Gasteiger partial charge in [-0.3, -0.25) is 19.3 Å². The third-order valence-corrected chi connectivity index (χ3v) is 9.79. The molecule has 3 aliphatic rings. The molecule has 7 nitrogen and oxygen atoms in total. The number of nitrogens with zero attached hydrogens (tertiary/aromatic N) is 5. The number of nitrogens with two attached hydrogens (primary N) is 1. The molecular formula is C33H44N6O. The minimum atomic E-state index is -0.364. The molecule has 3 heterocycles. The van der Waals surface area contributed by atoms with Crippen LogP contribution in [-0.2, 0) is 13.6 Å². The molecule has 1 aromatic heterocycles. The lowest BCUT2D eigenvalue weighted by Gasteiger charge is -2.58. The summed E-state index contributed by atoms with van der Waals surface area (Å²) in [5, 5.41) is 4.40. The van der Waals surface area contributed by atoms with Gasteiger partial charge < -0.3 is 10.6 Å². The molecule has 0 unspecified atom stereocenters. The van der Waals surface area contributed by atoms with Crippen LogP contribution >= 0.6 is 0 Å². The smallest absolute Gasteiger partial charge is 0.248 e. The number of benzene rings is 2. The van der Waals surface area contributed by atoms with E-state index >= 15 is 0 Å². The SMILES string of the molecule is CC(C)c1ccccc1[C@@H]1CN(Cc2cnn(C)c2)CCN1C1CC2(CCN(c3ccc(C(N)=O)cc3)CC2)C1. The van der Waals surface area contributed by atoms with Crippen LogP contribution in [-0.4, -0.2) is 64.3 Å². The quantitative estimate of drug-likeness (QED) is 0.459. The molecule has 6 rings (SSSR count). The fraction of sp³-hybridized carbons (Fsp3) is 0.515. The third kappa shape index (κ3) is 5.41. The summed E-state index contributed by atoms with van der Waals surface area (Å²) in [5.41, 5.74) is 12.0. The number of piperidine rings is 1. The fourth-order valence-electron chi connectivity index (χ4n) is 7.52. The minimum Gasteiger partial charge on any atom is -0.371 e. The van der Waals surface area contributed by atoms with Crippen molar-refractivity contribution < 1.29 is 4.79 Å². The summed E-state index contributed by atoms with van der Waals surface area (Å²) in [4.78, 5) is 19.4. The van der Waals surface area contributed by atoms with Crippen molar-refractivity contribution in [2.24, 2.45) is 18.2 Å². The number of amides is 1. The van der Waals surface area contributed by atoms with Crippen molar-refractivity contribution in [3.63, 3.8) is 0 Å². The predicted octanol–water partition coefficient (Wildman–Crippen LogP) is 4.95. The second-order valence-corrected chi connectivity index (χ2v) is 12.8. The van der Waals surface area contributed by atoms with Crippen LogP contribution in [0.25, 0.3) is 0 Å². The standard InChI is InChI=1S/C33H44N6O/c1-24(2)29-6-4-5-7-30(29)31-23-37(22-25-20-35-36(3)21-25)16-17-39(31)28-18-33(19-28)12-14-38(15-13-33)27-10-8-26(9-11-27)32(34)40/h4-11,20-21,24,28,31H,12-19,22-23H2,1-3H3,(H2,34,40)/t31-/m0/s1. The molecule has 1 saturated carbocycles. The van der Waals surface area contributed by atoms with Gasteiger partial charge in [0.2, 0.25) is 5.91 Å². The number of aryl methyl sites for hydroxylation is 1. The minimum absolute atomic E-state index is 0.364. The average Bonchev–Trinajstić information content (AvgIpc) is 3.36. The van der Waals surface area contributed by atoms with E-state index < -0.39 is 0 Å². The van der Waals surface area contributed by atoms with Gasteiger partial charge in [-0.05, 0) is 72.4 Å². The number of hydrogen-bond donors (Lipinski definition) is 1. The molecule has 3 fully saturated rings. The van der Waals surface area contributed by atoms with Crippen LogP contribution < -0.4 is 10.6 Å². The Labute approximate surface area is 238 Å². The first-order valence-corrected chi connectivity index (χ1v) is 15.0. The molecule has 1 amide bonds. The highest BCUT2D eigenvalue weighted by Crippen LogP contribution is 2.53. The lowest BCUT2D eigenvalue weighted by Crippen LogP contribution is -2.60. The number of carbonyl (C=O) groups is 1. The van der Waals surface area contributed by atoms with E-state index in [-0.39, 0.29) is 5.91 Å². The van der Waals surface area contributed by atoms with Gasteiger partial charge in [0.05, 0.1) is 6.20 Å². The molecular weight excluding hydrogens is 496 g/mol. The van der Waals surface area contributed by atoms with Crippen LogP contribution in [0.5, 0.6) is 0 Å². The van der Waals surface area contributed by atoms with E-state index in [4.69, 9.17) is 5.73 Å². The van der Waals surface area contributed by atoms with E-state index in [1.54, 1.807) is 0 Å². The van der Waals surface area contributed by atoms with Crippen molar-refractivity contribution in [2.75, 3.05) is 37.6 Å². The molecule has 212 valence electrons. The van der Waals surface area contributed by atoms with Gasteiger partial charge in [0.25, 0.3) is 0 Å². The average molecular weight is 541 g/mol. The second kappa shape index (κ2) is 11.0. The first-order valence-electron chi connectivity index (χ1n) is 15.0. The van der Waals surface area contributed by atoms with E-state index in [1.807, 2.05) is 42.2 Å². The third-order valence-electron chi connectivity index (χ3n) is 9.79. The zero-order chi connectivity index (χ0) is 27.9. The van der Waals surface area contributed by atoms with Crippen LogP contribution in [0.3, 0.4) is 0 Å². The van der Waals surface area contributed by atoms with Crippen molar-refractivity contribution in [3.8, 4) is 0 Å². The van der Waals surface area contributed by atoms with Crippen LogP contribution in [0, 0.1) is 5.41 Å². The Morgan fingerprint density at radius 1 is 1.02 bits per heavy atom. The Hall–Kier alpha value is -3.16. The maximum atomic E-state index is 11.4. The van der Waals surface area contributed by atoms with E-state index in [0.29, 0.717) is 29.0 Å². The predicted molar refractivity (Wildman–Crippen MR) is 160 cm³/mol. The lowest BCUT2D eigenvalue weighted by molar-refractivity contribution is -0.0628. The van der Waals surface area contributed by atoms with Crippen LogP contribution in [0.4, 0.5) is 5.69 Å². The zero-order valence-electron chi connectivity index (χ0n) is 24.3. The normalized spacial score (nSPS) is 22.1. The largest absolute Gasteiger partial charge is 0.371 e. The Morgan fingerprint density at radius 2 is 1.75 bits per heavy atom. The van der Waals surface area contributed by atoms with Gasteiger partial charge in [-0.1, -0.05) is 38.1 Å². The van der Waals surface area contributed by atoms with Gasteiger partial charge in [0.1, 0.15) is 0 Å². The number of rotatable bonds is 7. The van der Waals surface area contributed by atoms with Crippen molar-refractivity contribution in [2.45, 2.75) is 64.1 Å². The van der Waals surface area contributed by atoms with Gasteiger partial charge in [0, 0.05) is 81.4 Å². The Bertz CT molecular complexity index is 1310. The van der Waals surface area contributed by atoms with Crippen molar-refractivity contribution >= 4 is 11.6 Å². The van der Waals surface area contributed by atoms with Crippen molar-refractivity contribution in [1.82, 2.24) is 19.6 Å². The summed E-state index contributed by atoms with van der Waals surface area (Å²) in [6.07, 6.45) is 9.27. The number of piperazine rings is 1. The molecule has 3 aromatic rings. The van der Waals surface area contributed by atoms with Gasteiger partial charge in [-0.25, -0.2) is 0 Å². The highest BCUT2D eigenvalue weighted by atomic mass is 16.1. The van der Waals surface area contributed by atoms with Crippen LogP contribution in [0.15, 0.2) is 60.9 Å². The summed E-state index contributed by atoms with van der Waals surface area (Å²) < 4.78 is 1.91. The highest BCUT2D eigenvalue weighted by Gasteiger charge is 2.50. The first kappa shape index (κ1) is 27.0. The molecule has 2 saturated heterocycles. The van der Waals surface area contributed by atoms with Crippen LogP contribution in [0.2, 0.25) is 0 Å². The van der Waals surface area contributed by atoms with Gasteiger partial charge in [-0.15, -0.1) is 0 Å². The van der Waals surface area contributed by atoms with Gasteiger partial charge in [0.15, 0.2) is 0 Å². The Morgan fingerprint density at radius 3 is 2.40 bits per heavy atom. The number of primary amides is 1. The highest BCUT2D eigenvalue weighted by molar-refractivity contribution is 5.93. The Balaban J connectivity index is 1.13. The van der Waals surface area contributed by atoms with Crippen LogP contribution in [0.1, 0.15) is 78.5 Å². The lowest BCUT2D eigenvalue weighted by atomic mass is 9.59. The second-order valence-electron chi connectivity index (χ2n) is 12.8. The van der Waals surface area contributed by atoms with E-state index in [2.05, 4.69) is 64.1 Å². The summed E-state index contributed by atoms with van der Waals surface area (Å²) >= 11 is 0. The molecule has 2 aromatic carbocycles. The fourth-order valence-corrected chi connectivity index (χ4v) is 7.52. The summed E-state index contributed by atoms with van der Waals surface area (Å²) in [6, 6.07) is 18.0. The number of anilines is 1. The molecule has 1 spiro atoms. The molecule has 2 N–H and O–H groups in total. The monoisotopic (exact) mass is 540 g/mol. The van der Waals surface area contributed by atoms with Crippen molar-refractivity contribution in [1.29, 1.82) is 0 Å². The van der Waals surface area contributed by atoms with E-state index in [0.717, 1.165) is 39.3 Å². The molecule has 7 heteroatoms. The summed E-state index contributed by atoms with van der Waals surface area (Å²) in [6.45, 7) is 11.1. The maximum Gasteiger partial charge on any atom is 0.248 e. The van der Waals surface area contributed by atoms with Crippen molar-refractivity contribution in [3.05, 3.63) is 83.2 Å². The summed E-state index contributed by atoms with van der Waals surface area (Å²) in [7, 11) is 2.00. The molecule has 0 radical (unpaired) electrons. The van der Waals surface area contributed by atoms with E-state index in [1.165, 1.54) is 48.1 Å². The molecule has 40 heavy (non-hydrogen) atoms. The Kier molecular flexibility index (Phi) is 7.44. The van der Waals surface area contributed by atoms with E-state index in [9.17, 15) is 4.79 Å². The number of carbonyl (C=O) groups excluding carboxylic acids is 1. The number of aromatic nitrogens is 2. The summed E-state index contributed by atoms with van der Waals surface area (Å²) in [5.74, 6) is 0.151. The molecule has 2 aliphatic heterocycles.